The maximum absolute atomic E-state index is 12.7. The second kappa shape index (κ2) is 6.14. The summed E-state index contributed by atoms with van der Waals surface area (Å²) >= 11 is 0. The summed E-state index contributed by atoms with van der Waals surface area (Å²) in [5, 5.41) is 5.20. The van der Waals surface area contributed by atoms with E-state index in [9.17, 15) is 22.8 Å². The number of hydrogen-bond acceptors (Lipinski definition) is 5. The second-order valence-electron chi connectivity index (χ2n) is 6.48. The van der Waals surface area contributed by atoms with Gasteiger partial charge in [-0.15, -0.1) is 0 Å². The van der Waals surface area contributed by atoms with Gasteiger partial charge in [0.1, 0.15) is 12.1 Å². The van der Waals surface area contributed by atoms with Crippen molar-refractivity contribution in [2.24, 2.45) is 0 Å². The van der Waals surface area contributed by atoms with Crippen LogP contribution in [0.1, 0.15) is 18.9 Å². The van der Waals surface area contributed by atoms with E-state index < -0.39 is 45.8 Å². The Hall–Kier alpha value is -2.42. The van der Waals surface area contributed by atoms with E-state index in [0.29, 0.717) is 12.0 Å². The van der Waals surface area contributed by atoms with Crippen LogP contribution >= 0.6 is 0 Å². The summed E-state index contributed by atoms with van der Waals surface area (Å²) in [5.41, 5.74) is -0.604. The third-order valence-electron chi connectivity index (χ3n) is 4.53. The van der Waals surface area contributed by atoms with Crippen LogP contribution in [0, 0.1) is 0 Å². The summed E-state index contributed by atoms with van der Waals surface area (Å²) in [6.45, 7) is 1.15. The van der Waals surface area contributed by atoms with Crippen molar-refractivity contribution in [2.75, 3.05) is 18.1 Å². The zero-order valence-corrected chi connectivity index (χ0v) is 14.5. The zero-order valence-electron chi connectivity index (χ0n) is 13.7. The first kappa shape index (κ1) is 17.4. The minimum atomic E-state index is -3.12. The maximum Gasteiger partial charge on any atom is 0.325 e. The Balaban J connectivity index is 1.68. The molecule has 0 aromatic heterocycles. The van der Waals surface area contributed by atoms with Crippen LogP contribution in [0.15, 0.2) is 30.3 Å². The van der Waals surface area contributed by atoms with E-state index in [1.165, 1.54) is 0 Å². The molecule has 0 unspecified atom stereocenters. The van der Waals surface area contributed by atoms with Gasteiger partial charge in [-0.2, -0.15) is 0 Å². The molecule has 0 radical (unpaired) electrons. The quantitative estimate of drug-likeness (QED) is 0.715. The van der Waals surface area contributed by atoms with Gasteiger partial charge >= 0.3 is 6.03 Å². The van der Waals surface area contributed by atoms with E-state index in [4.69, 9.17) is 0 Å². The van der Waals surface area contributed by atoms with Crippen LogP contribution in [0.4, 0.5) is 4.79 Å². The van der Waals surface area contributed by atoms with E-state index in [0.717, 1.165) is 4.90 Å². The number of nitrogens with one attached hydrogen (secondary N) is 2. The van der Waals surface area contributed by atoms with Crippen LogP contribution < -0.4 is 10.6 Å². The van der Waals surface area contributed by atoms with Crippen LogP contribution in [0.5, 0.6) is 0 Å². The van der Waals surface area contributed by atoms with Crippen molar-refractivity contribution in [3.63, 3.8) is 0 Å². The molecular weight excluding hydrogens is 346 g/mol. The average molecular weight is 365 g/mol. The molecule has 2 fully saturated rings. The molecule has 25 heavy (non-hydrogen) atoms. The molecule has 0 spiro atoms. The van der Waals surface area contributed by atoms with Crippen molar-refractivity contribution in [1.29, 1.82) is 0 Å². The number of benzene rings is 1. The first-order chi connectivity index (χ1) is 11.7. The van der Waals surface area contributed by atoms with Gasteiger partial charge in [0.15, 0.2) is 9.84 Å². The maximum atomic E-state index is 12.7. The fraction of sp³-hybridized carbons (Fsp3) is 0.438. The van der Waals surface area contributed by atoms with Crippen LogP contribution in [-0.2, 0) is 25.0 Å². The standard InChI is InChI=1S/C16H19N3O5S/c1-16(11-5-3-2-4-6-11)14(21)19(15(22)18-16)9-13(20)17-12-7-8-25(23,24)10-12/h2-6,12H,7-10H2,1H3,(H,17,20)(H,18,22)/t12-,16+/m0/s1. The van der Waals surface area contributed by atoms with E-state index in [1.54, 1.807) is 37.3 Å². The van der Waals surface area contributed by atoms with E-state index in [-0.39, 0.29) is 11.5 Å². The molecule has 2 N–H and O–H groups in total. The number of urea groups is 1. The second-order valence-corrected chi connectivity index (χ2v) is 8.71. The molecule has 134 valence electrons. The lowest BCUT2D eigenvalue weighted by atomic mass is 9.92. The van der Waals surface area contributed by atoms with Gasteiger partial charge in [-0.25, -0.2) is 13.2 Å². The van der Waals surface area contributed by atoms with Gasteiger partial charge in [-0.3, -0.25) is 14.5 Å². The fourth-order valence-corrected chi connectivity index (χ4v) is 4.81. The predicted octanol–water partition coefficient (Wildman–Crippen LogP) is -0.243. The summed E-state index contributed by atoms with van der Waals surface area (Å²) in [6.07, 6.45) is 0.343. The Kier molecular flexibility index (Phi) is 4.28. The number of hydrogen-bond donors (Lipinski definition) is 2. The number of rotatable bonds is 4. The predicted molar refractivity (Wildman–Crippen MR) is 89.2 cm³/mol. The van der Waals surface area contributed by atoms with Crippen molar-refractivity contribution in [1.82, 2.24) is 15.5 Å². The first-order valence-electron chi connectivity index (χ1n) is 7.91. The molecule has 1 aromatic rings. The van der Waals surface area contributed by atoms with Crippen LogP contribution in [0.2, 0.25) is 0 Å². The van der Waals surface area contributed by atoms with Gasteiger partial charge in [0, 0.05) is 6.04 Å². The molecule has 1 aromatic carbocycles. The van der Waals surface area contributed by atoms with Crippen molar-refractivity contribution in [3.05, 3.63) is 35.9 Å². The number of carbonyl (C=O) groups excluding carboxylic acids is 3. The van der Waals surface area contributed by atoms with Crippen LogP contribution in [-0.4, -0.2) is 55.3 Å². The molecule has 2 aliphatic heterocycles. The molecule has 2 saturated heterocycles. The van der Waals surface area contributed by atoms with Crippen molar-refractivity contribution >= 4 is 27.7 Å². The summed E-state index contributed by atoms with van der Waals surface area (Å²) in [6, 6.07) is 7.65. The number of imide groups is 1. The molecule has 0 bridgehead atoms. The molecule has 2 atom stereocenters. The largest absolute Gasteiger partial charge is 0.351 e. The molecule has 9 heteroatoms. The van der Waals surface area contributed by atoms with Crippen molar-refractivity contribution in [2.45, 2.75) is 24.9 Å². The summed E-state index contributed by atoms with van der Waals surface area (Å²) in [4.78, 5) is 37.8. The number of nitrogens with zero attached hydrogens (tertiary/aromatic N) is 1. The van der Waals surface area contributed by atoms with E-state index >= 15 is 0 Å². The highest BCUT2D eigenvalue weighted by atomic mass is 32.2. The minimum Gasteiger partial charge on any atom is -0.351 e. The van der Waals surface area contributed by atoms with E-state index in [2.05, 4.69) is 10.6 Å². The third kappa shape index (κ3) is 3.37. The van der Waals surface area contributed by atoms with Crippen LogP contribution in [0.3, 0.4) is 0 Å². The van der Waals surface area contributed by atoms with Gasteiger partial charge in [-0.1, -0.05) is 30.3 Å². The fourth-order valence-electron chi connectivity index (χ4n) is 3.13. The highest BCUT2D eigenvalue weighted by Crippen LogP contribution is 2.28. The third-order valence-corrected chi connectivity index (χ3v) is 6.29. The normalized spacial score (nSPS) is 28.0. The van der Waals surface area contributed by atoms with Crippen molar-refractivity contribution in [3.8, 4) is 0 Å². The number of amides is 4. The Morgan fingerprint density at radius 3 is 2.60 bits per heavy atom. The molecule has 0 aliphatic carbocycles. The number of sulfone groups is 1. The van der Waals surface area contributed by atoms with E-state index in [1.807, 2.05) is 0 Å². The molecule has 4 amide bonds. The number of carbonyl (C=O) groups is 3. The van der Waals surface area contributed by atoms with Gasteiger partial charge in [0.25, 0.3) is 5.91 Å². The lowest BCUT2D eigenvalue weighted by Gasteiger charge is -2.22. The Morgan fingerprint density at radius 1 is 1.32 bits per heavy atom. The van der Waals surface area contributed by atoms with Gasteiger partial charge in [0.2, 0.25) is 5.91 Å². The molecule has 8 nitrogen and oxygen atoms in total. The highest BCUT2D eigenvalue weighted by Gasteiger charge is 2.49. The Morgan fingerprint density at radius 2 is 2.00 bits per heavy atom. The first-order valence-corrected chi connectivity index (χ1v) is 9.73. The molecular formula is C16H19N3O5S. The molecule has 0 saturated carbocycles. The zero-order chi connectivity index (χ0) is 18.2. The van der Waals surface area contributed by atoms with Crippen molar-refractivity contribution < 1.29 is 22.8 Å². The lowest BCUT2D eigenvalue weighted by molar-refractivity contribution is -0.135. The summed E-state index contributed by atoms with van der Waals surface area (Å²) in [7, 11) is -3.12. The Bertz CT molecular complexity index is 823. The molecule has 2 heterocycles. The summed E-state index contributed by atoms with van der Waals surface area (Å²) in [5.74, 6) is -1.14. The highest BCUT2D eigenvalue weighted by molar-refractivity contribution is 7.91. The molecule has 2 aliphatic rings. The monoisotopic (exact) mass is 365 g/mol. The minimum absolute atomic E-state index is 0.0349. The average Bonchev–Trinajstić information content (AvgIpc) is 3.00. The Labute approximate surface area is 145 Å². The van der Waals surface area contributed by atoms with Gasteiger partial charge in [0.05, 0.1) is 11.5 Å². The topological polar surface area (TPSA) is 113 Å². The van der Waals surface area contributed by atoms with Crippen LogP contribution in [0.25, 0.3) is 0 Å². The smallest absolute Gasteiger partial charge is 0.325 e. The van der Waals surface area contributed by atoms with Gasteiger partial charge < -0.3 is 10.6 Å². The lowest BCUT2D eigenvalue weighted by Crippen LogP contribution is -2.45. The SMILES string of the molecule is C[C@]1(c2ccccc2)NC(=O)N(CC(=O)N[C@H]2CCS(=O)(=O)C2)C1=O. The van der Waals surface area contributed by atoms with Gasteiger partial charge in [-0.05, 0) is 18.9 Å². The molecule has 3 rings (SSSR count). The summed E-state index contributed by atoms with van der Waals surface area (Å²) < 4.78 is 22.9.